The molecular formula is C19H22N2O5S. The Labute approximate surface area is 158 Å². The van der Waals surface area contributed by atoms with Gasteiger partial charge < -0.3 is 14.2 Å². The van der Waals surface area contributed by atoms with Crippen molar-refractivity contribution < 1.29 is 22.6 Å². The van der Waals surface area contributed by atoms with Gasteiger partial charge in [0, 0.05) is 30.8 Å². The molecular weight excluding hydrogens is 368 g/mol. The molecule has 1 N–H and O–H groups in total. The summed E-state index contributed by atoms with van der Waals surface area (Å²) < 4.78 is 45.3. The zero-order valence-corrected chi connectivity index (χ0v) is 15.7. The molecule has 7 nitrogen and oxygen atoms in total. The van der Waals surface area contributed by atoms with Gasteiger partial charge in [0.2, 0.25) is 10.0 Å². The van der Waals surface area contributed by atoms with Gasteiger partial charge in [-0.25, -0.2) is 13.1 Å². The lowest BCUT2D eigenvalue weighted by Crippen LogP contribution is -2.40. The lowest BCUT2D eigenvalue weighted by atomic mass is 9.96. The van der Waals surface area contributed by atoms with Crippen molar-refractivity contribution in [2.45, 2.75) is 23.8 Å². The summed E-state index contributed by atoms with van der Waals surface area (Å²) in [4.78, 5) is 4.18. The summed E-state index contributed by atoms with van der Waals surface area (Å²) in [5, 5.41) is 0. The minimum atomic E-state index is -3.69. The average Bonchev–Trinajstić information content (AvgIpc) is 2.95. The number of nitrogens with zero attached hydrogens (tertiary/aromatic N) is 1. The van der Waals surface area contributed by atoms with Crippen molar-refractivity contribution in [3.63, 3.8) is 0 Å². The van der Waals surface area contributed by atoms with Gasteiger partial charge in [-0.15, -0.1) is 0 Å². The molecule has 2 aromatic rings. The molecule has 0 aliphatic carbocycles. The van der Waals surface area contributed by atoms with Crippen molar-refractivity contribution in [1.29, 1.82) is 0 Å². The third kappa shape index (κ3) is 4.23. The number of hydrogen-bond acceptors (Lipinski definition) is 6. The van der Waals surface area contributed by atoms with Crippen LogP contribution in [-0.4, -0.2) is 45.9 Å². The first-order chi connectivity index (χ1) is 13.1. The molecule has 144 valence electrons. The molecule has 27 heavy (non-hydrogen) atoms. The van der Waals surface area contributed by atoms with Gasteiger partial charge in [0.25, 0.3) is 0 Å². The van der Waals surface area contributed by atoms with Gasteiger partial charge in [0.05, 0.1) is 37.4 Å². The van der Waals surface area contributed by atoms with Crippen LogP contribution in [-0.2, 0) is 21.2 Å². The standard InChI is InChI=1S/C19H22N2O5S/c22-27(23,16-2-3-18-19(11-16)26-9-1-8-25-18)21-17-13-24-12-15(17)10-14-4-6-20-7-5-14/h2-7,11,15,17,21H,1,8-10,12-13H2. The van der Waals surface area contributed by atoms with Crippen LogP contribution >= 0.6 is 0 Å². The fraction of sp³-hybridized carbons (Fsp3) is 0.421. The summed E-state index contributed by atoms with van der Waals surface area (Å²) in [5.41, 5.74) is 1.11. The number of fused-ring (bicyclic) bond motifs is 1. The normalized spacial score (nSPS) is 22.4. The molecule has 2 aliphatic heterocycles. The minimum absolute atomic E-state index is 0.0718. The summed E-state index contributed by atoms with van der Waals surface area (Å²) in [5.74, 6) is 1.11. The number of nitrogens with one attached hydrogen (secondary N) is 1. The monoisotopic (exact) mass is 390 g/mol. The lowest BCUT2D eigenvalue weighted by Gasteiger charge is -2.19. The lowest BCUT2D eigenvalue weighted by molar-refractivity contribution is 0.183. The molecule has 3 heterocycles. The number of sulfonamides is 1. The first-order valence-electron chi connectivity index (χ1n) is 9.00. The Morgan fingerprint density at radius 3 is 2.63 bits per heavy atom. The van der Waals surface area contributed by atoms with Crippen LogP contribution in [0.2, 0.25) is 0 Å². The predicted octanol–water partition coefficient (Wildman–Crippen LogP) is 1.78. The van der Waals surface area contributed by atoms with Crippen LogP contribution in [0.4, 0.5) is 0 Å². The molecule has 0 amide bonds. The van der Waals surface area contributed by atoms with E-state index in [9.17, 15) is 8.42 Å². The van der Waals surface area contributed by atoms with E-state index in [1.54, 1.807) is 24.5 Å². The van der Waals surface area contributed by atoms with E-state index in [1.807, 2.05) is 12.1 Å². The minimum Gasteiger partial charge on any atom is -0.490 e. The van der Waals surface area contributed by atoms with E-state index >= 15 is 0 Å². The third-order valence-corrected chi connectivity index (χ3v) is 6.27. The van der Waals surface area contributed by atoms with Crippen LogP contribution in [0.1, 0.15) is 12.0 Å². The molecule has 2 aliphatic rings. The predicted molar refractivity (Wildman–Crippen MR) is 98.4 cm³/mol. The molecule has 8 heteroatoms. The molecule has 2 atom stereocenters. The summed E-state index contributed by atoms with van der Waals surface area (Å²) in [7, 11) is -3.69. The van der Waals surface area contributed by atoms with Gasteiger partial charge >= 0.3 is 0 Å². The van der Waals surface area contributed by atoms with E-state index in [0.717, 1.165) is 18.4 Å². The van der Waals surface area contributed by atoms with Crippen molar-refractivity contribution in [1.82, 2.24) is 9.71 Å². The second-order valence-corrected chi connectivity index (χ2v) is 8.46. The highest BCUT2D eigenvalue weighted by atomic mass is 32.2. The van der Waals surface area contributed by atoms with Crippen molar-refractivity contribution in [2.75, 3.05) is 26.4 Å². The maximum absolute atomic E-state index is 12.9. The topological polar surface area (TPSA) is 86.8 Å². The van der Waals surface area contributed by atoms with E-state index in [4.69, 9.17) is 14.2 Å². The Hall–Kier alpha value is -2.16. The smallest absolute Gasteiger partial charge is 0.241 e. The zero-order valence-electron chi connectivity index (χ0n) is 14.8. The van der Waals surface area contributed by atoms with E-state index in [2.05, 4.69) is 9.71 Å². The van der Waals surface area contributed by atoms with Gasteiger partial charge in [-0.2, -0.15) is 0 Å². The summed E-state index contributed by atoms with van der Waals surface area (Å²) in [6.07, 6.45) is 4.98. The van der Waals surface area contributed by atoms with Crippen molar-refractivity contribution >= 4 is 10.0 Å². The molecule has 2 unspecified atom stereocenters. The Morgan fingerprint density at radius 1 is 1.04 bits per heavy atom. The number of hydrogen-bond donors (Lipinski definition) is 1. The SMILES string of the molecule is O=S(=O)(NC1COCC1Cc1ccncc1)c1ccc2c(c1)OCCCO2. The molecule has 0 bridgehead atoms. The van der Waals surface area contributed by atoms with E-state index < -0.39 is 10.0 Å². The molecule has 0 spiro atoms. The highest BCUT2D eigenvalue weighted by Gasteiger charge is 2.32. The van der Waals surface area contributed by atoms with Crippen LogP contribution in [0.5, 0.6) is 11.5 Å². The molecule has 1 aromatic carbocycles. The van der Waals surface area contributed by atoms with Crippen LogP contribution in [0.3, 0.4) is 0 Å². The second-order valence-electron chi connectivity index (χ2n) is 6.74. The fourth-order valence-corrected chi connectivity index (χ4v) is 4.63. The van der Waals surface area contributed by atoms with E-state index in [0.29, 0.717) is 37.9 Å². The van der Waals surface area contributed by atoms with Gasteiger partial charge in [-0.3, -0.25) is 4.98 Å². The fourth-order valence-electron chi connectivity index (χ4n) is 3.33. The molecule has 1 fully saturated rings. The molecule has 4 rings (SSSR count). The average molecular weight is 390 g/mol. The quantitative estimate of drug-likeness (QED) is 0.838. The van der Waals surface area contributed by atoms with Crippen molar-refractivity contribution in [3.8, 4) is 11.5 Å². The number of pyridine rings is 1. The maximum atomic E-state index is 12.9. The Bertz CT molecular complexity index is 888. The van der Waals surface area contributed by atoms with Crippen LogP contribution in [0, 0.1) is 5.92 Å². The zero-order chi connectivity index (χ0) is 18.7. The Morgan fingerprint density at radius 2 is 1.81 bits per heavy atom. The van der Waals surface area contributed by atoms with E-state index in [-0.39, 0.29) is 16.9 Å². The Kier molecular flexibility index (Phi) is 5.29. The maximum Gasteiger partial charge on any atom is 0.241 e. The van der Waals surface area contributed by atoms with Crippen molar-refractivity contribution in [3.05, 3.63) is 48.3 Å². The first kappa shape index (κ1) is 18.2. The second kappa shape index (κ2) is 7.84. The summed E-state index contributed by atoms with van der Waals surface area (Å²) >= 11 is 0. The van der Waals surface area contributed by atoms with Gasteiger partial charge in [-0.05, 0) is 36.2 Å². The molecule has 1 aromatic heterocycles. The summed E-state index contributed by atoms with van der Waals surface area (Å²) in [6, 6.07) is 8.32. The third-order valence-electron chi connectivity index (χ3n) is 4.78. The van der Waals surface area contributed by atoms with Crippen molar-refractivity contribution in [2.24, 2.45) is 5.92 Å². The number of rotatable bonds is 5. The Balaban J connectivity index is 1.50. The molecule has 1 saturated heterocycles. The molecule has 0 saturated carbocycles. The number of ether oxygens (including phenoxy) is 3. The van der Waals surface area contributed by atoms with Crippen LogP contribution in [0.15, 0.2) is 47.6 Å². The van der Waals surface area contributed by atoms with Gasteiger partial charge in [0.1, 0.15) is 0 Å². The molecule has 0 radical (unpaired) electrons. The van der Waals surface area contributed by atoms with Crippen LogP contribution < -0.4 is 14.2 Å². The van der Waals surface area contributed by atoms with Gasteiger partial charge in [0.15, 0.2) is 11.5 Å². The summed E-state index contributed by atoms with van der Waals surface area (Å²) in [6.45, 7) is 1.96. The van der Waals surface area contributed by atoms with Crippen LogP contribution in [0.25, 0.3) is 0 Å². The largest absolute Gasteiger partial charge is 0.490 e. The highest BCUT2D eigenvalue weighted by molar-refractivity contribution is 7.89. The number of benzene rings is 1. The van der Waals surface area contributed by atoms with E-state index in [1.165, 1.54) is 6.07 Å². The highest BCUT2D eigenvalue weighted by Crippen LogP contribution is 2.32. The first-order valence-corrected chi connectivity index (χ1v) is 10.5. The number of aromatic nitrogens is 1. The van der Waals surface area contributed by atoms with Gasteiger partial charge in [-0.1, -0.05) is 0 Å².